The highest BCUT2D eigenvalue weighted by molar-refractivity contribution is 7.97. The van der Waals surface area contributed by atoms with Gasteiger partial charge >= 0.3 is 0 Å². The van der Waals surface area contributed by atoms with E-state index in [1.54, 1.807) is 0 Å². The summed E-state index contributed by atoms with van der Waals surface area (Å²) < 4.78 is 2.30. The number of fused-ring (bicyclic) bond motifs is 1. The molecule has 1 nitrogen and oxygen atoms in total. The van der Waals surface area contributed by atoms with Crippen molar-refractivity contribution in [1.29, 1.82) is 0 Å². The van der Waals surface area contributed by atoms with Crippen molar-refractivity contribution in [2.45, 2.75) is 25.6 Å². The van der Waals surface area contributed by atoms with Gasteiger partial charge in [-0.3, -0.25) is 0 Å². The molecule has 1 aromatic heterocycles. The zero-order chi connectivity index (χ0) is 11.7. The maximum Gasteiger partial charge on any atom is 0.0500 e. The lowest BCUT2D eigenvalue weighted by molar-refractivity contribution is 0.622. The van der Waals surface area contributed by atoms with Crippen LogP contribution in [0.3, 0.4) is 0 Å². The van der Waals surface area contributed by atoms with Gasteiger partial charge in [0.15, 0.2) is 0 Å². The molecule has 86 valence electrons. The number of hydrogen-bond donors (Lipinski definition) is 0. The third-order valence-electron chi connectivity index (χ3n) is 2.74. The Hall–Kier alpha value is -0.600. The fourth-order valence-electron chi connectivity index (χ4n) is 1.99. The first-order valence-electron chi connectivity index (χ1n) is 5.41. The maximum atomic E-state index is 6.06. The predicted molar refractivity (Wildman–Crippen MR) is 74.6 cm³/mol. The molecular formula is C13H16ClNS. The molecular weight excluding hydrogens is 238 g/mol. The lowest BCUT2D eigenvalue weighted by Gasteiger charge is -2.08. The second-order valence-corrected chi connectivity index (χ2v) is 5.55. The quantitative estimate of drug-likeness (QED) is 0.765. The third-order valence-corrected chi connectivity index (χ3v) is 3.57. The Morgan fingerprint density at radius 3 is 2.75 bits per heavy atom. The van der Waals surface area contributed by atoms with Crippen molar-refractivity contribution in [2.75, 3.05) is 6.26 Å². The molecule has 0 amide bonds. The van der Waals surface area contributed by atoms with Crippen LogP contribution in [0, 0.1) is 0 Å². The lowest BCUT2D eigenvalue weighted by Crippen LogP contribution is -1.97. The minimum Gasteiger partial charge on any atom is -0.345 e. The third kappa shape index (κ3) is 2.09. The molecule has 0 unspecified atom stereocenters. The van der Waals surface area contributed by atoms with Crippen LogP contribution in [0.15, 0.2) is 24.4 Å². The largest absolute Gasteiger partial charge is 0.345 e. The number of benzene rings is 1. The number of hydrogen-bond acceptors (Lipinski definition) is 1. The van der Waals surface area contributed by atoms with E-state index >= 15 is 0 Å². The van der Waals surface area contributed by atoms with Crippen LogP contribution < -0.4 is 0 Å². The van der Waals surface area contributed by atoms with Gasteiger partial charge in [-0.25, -0.2) is 0 Å². The van der Waals surface area contributed by atoms with Gasteiger partial charge in [-0.1, -0.05) is 17.7 Å². The Morgan fingerprint density at radius 2 is 2.12 bits per heavy atom. The van der Waals surface area contributed by atoms with Gasteiger partial charge < -0.3 is 4.57 Å². The van der Waals surface area contributed by atoms with Gasteiger partial charge in [0.05, 0.1) is 5.52 Å². The molecule has 0 saturated carbocycles. The van der Waals surface area contributed by atoms with E-state index in [9.17, 15) is 0 Å². The molecule has 1 aromatic carbocycles. The Labute approximate surface area is 106 Å². The summed E-state index contributed by atoms with van der Waals surface area (Å²) in [5.74, 6) is 1.05. The van der Waals surface area contributed by atoms with E-state index in [2.05, 4.69) is 43.0 Å². The topological polar surface area (TPSA) is 4.93 Å². The SMILES string of the molecule is CSCc1cn(C(C)C)c2cc(Cl)ccc12. The van der Waals surface area contributed by atoms with E-state index < -0.39 is 0 Å². The first kappa shape index (κ1) is 11.9. The van der Waals surface area contributed by atoms with Crippen molar-refractivity contribution in [3.05, 3.63) is 35.0 Å². The maximum absolute atomic E-state index is 6.06. The second kappa shape index (κ2) is 4.72. The molecule has 0 radical (unpaired) electrons. The predicted octanol–water partition coefficient (Wildman–Crippen LogP) is 4.74. The van der Waals surface area contributed by atoms with Crippen molar-refractivity contribution >= 4 is 34.3 Å². The standard InChI is InChI=1S/C13H16ClNS/c1-9(2)15-7-10(8-16-3)12-5-4-11(14)6-13(12)15/h4-7,9H,8H2,1-3H3. The van der Waals surface area contributed by atoms with Crippen LogP contribution in [-0.2, 0) is 5.75 Å². The van der Waals surface area contributed by atoms with Gasteiger partial charge in [0.2, 0.25) is 0 Å². The highest BCUT2D eigenvalue weighted by Gasteiger charge is 2.10. The minimum atomic E-state index is 0.469. The van der Waals surface area contributed by atoms with E-state index in [-0.39, 0.29) is 0 Å². The van der Waals surface area contributed by atoms with E-state index in [0.717, 1.165) is 10.8 Å². The van der Waals surface area contributed by atoms with Crippen LogP contribution in [0.2, 0.25) is 5.02 Å². The lowest BCUT2D eigenvalue weighted by atomic mass is 10.2. The van der Waals surface area contributed by atoms with Gasteiger partial charge in [0, 0.05) is 28.4 Å². The average molecular weight is 254 g/mol. The molecule has 2 rings (SSSR count). The Bertz CT molecular complexity index is 502. The highest BCUT2D eigenvalue weighted by Crippen LogP contribution is 2.29. The second-order valence-electron chi connectivity index (χ2n) is 4.25. The zero-order valence-corrected chi connectivity index (χ0v) is 11.4. The van der Waals surface area contributed by atoms with Gasteiger partial charge in [-0.15, -0.1) is 0 Å². The van der Waals surface area contributed by atoms with Gasteiger partial charge in [-0.05, 0) is 37.8 Å². The molecule has 16 heavy (non-hydrogen) atoms. The summed E-state index contributed by atoms with van der Waals surface area (Å²) in [6.45, 7) is 4.40. The fourth-order valence-corrected chi connectivity index (χ4v) is 2.70. The number of rotatable bonds is 3. The first-order chi connectivity index (χ1) is 7.63. The van der Waals surface area contributed by atoms with Crippen LogP contribution >= 0.6 is 23.4 Å². The molecule has 0 fully saturated rings. The molecule has 1 heterocycles. The summed E-state index contributed by atoms with van der Waals surface area (Å²) in [6.07, 6.45) is 4.39. The summed E-state index contributed by atoms with van der Waals surface area (Å²) in [5, 5.41) is 2.13. The van der Waals surface area contributed by atoms with Crippen LogP contribution in [0.4, 0.5) is 0 Å². The minimum absolute atomic E-state index is 0.469. The molecule has 0 spiro atoms. The summed E-state index contributed by atoms with van der Waals surface area (Å²) in [7, 11) is 0. The number of halogens is 1. The van der Waals surface area contributed by atoms with Crippen LogP contribution in [0.5, 0.6) is 0 Å². The molecule has 0 aliphatic heterocycles. The van der Waals surface area contributed by atoms with E-state index in [1.807, 2.05) is 17.8 Å². The van der Waals surface area contributed by atoms with Crippen molar-refractivity contribution in [3.63, 3.8) is 0 Å². The smallest absolute Gasteiger partial charge is 0.0500 e. The summed E-state index contributed by atoms with van der Waals surface area (Å²) in [4.78, 5) is 0. The van der Waals surface area contributed by atoms with Crippen molar-refractivity contribution in [3.8, 4) is 0 Å². The van der Waals surface area contributed by atoms with Crippen LogP contribution in [-0.4, -0.2) is 10.8 Å². The Morgan fingerprint density at radius 1 is 1.38 bits per heavy atom. The monoisotopic (exact) mass is 253 g/mol. The molecule has 0 atom stereocenters. The fraction of sp³-hybridized carbons (Fsp3) is 0.385. The molecule has 0 saturated heterocycles. The van der Waals surface area contributed by atoms with Gasteiger partial charge in [0.1, 0.15) is 0 Å². The summed E-state index contributed by atoms with van der Waals surface area (Å²) in [5.41, 5.74) is 2.64. The van der Waals surface area contributed by atoms with E-state index in [4.69, 9.17) is 11.6 Å². The molecule has 0 bridgehead atoms. The molecule has 0 aliphatic rings. The van der Waals surface area contributed by atoms with Crippen molar-refractivity contribution in [2.24, 2.45) is 0 Å². The zero-order valence-electron chi connectivity index (χ0n) is 9.83. The summed E-state index contributed by atoms with van der Waals surface area (Å²) >= 11 is 7.92. The Balaban J connectivity index is 2.66. The molecule has 2 aromatic rings. The molecule has 0 aliphatic carbocycles. The van der Waals surface area contributed by atoms with Gasteiger partial charge in [-0.2, -0.15) is 11.8 Å². The van der Waals surface area contributed by atoms with E-state index in [1.165, 1.54) is 16.5 Å². The normalized spacial score (nSPS) is 11.6. The molecule has 0 N–H and O–H groups in total. The number of nitrogens with zero attached hydrogens (tertiary/aromatic N) is 1. The summed E-state index contributed by atoms with van der Waals surface area (Å²) in [6, 6.07) is 6.62. The highest BCUT2D eigenvalue weighted by atomic mass is 35.5. The number of thioether (sulfide) groups is 1. The molecule has 3 heteroatoms. The van der Waals surface area contributed by atoms with Crippen LogP contribution in [0.25, 0.3) is 10.9 Å². The van der Waals surface area contributed by atoms with E-state index in [0.29, 0.717) is 6.04 Å². The number of aromatic nitrogens is 1. The Kier molecular flexibility index (Phi) is 3.50. The average Bonchev–Trinajstić information content (AvgIpc) is 2.57. The first-order valence-corrected chi connectivity index (χ1v) is 7.18. The van der Waals surface area contributed by atoms with Crippen LogP contribution in [0.1, 0.15) is 25.5 Å². The van der Waals surface area contributed by atoms with Crippen molar-refractivity contribution in [1.82, 2.24) is 4.57 Å². The van der Waals surface area contributed by atoms with Gasteiger partial charge in [0.25, 0.3) is 0 Å². The van der Waals surface area contributed by atoms with Crippen molar-refractivity contribution < 1.29 is 0 Å².